The third kappa shape index (κ3) is 4.90. The van der Waals surface area contributed by atoms with Crippen molar-refractivity contribution in [1.29, 1.82) is 0 Å². The standard InChI is InChI=1S/C22H21N3O4/c1-14-5-4-6-16(11-14)24-22(27)19-12-15(9-10-23-19)21(26)25-18-13-17(28-2)7-8-20(18)29-3/h4-13H,1-3H3,(H,24,27)(H,25,26). The lowest BCUT2D eigenvalue weighted by atomic mass is 10.2. The molecule has 0 aliphatic heterocycles. The molecule has 0 bridgehead atoms. The second-order valence-corrected chi connectivity index (χ2v) is 6.27. The zero-order valence-electron chi connectivity index (χ0n) is 16.4. The van der Waals surface area contributed by atoms with E-state index in [-0.39, 0.29) is 5.69 Å². The zero-order chi connectivity index (χ0) is 20.8. The highest BCUT2D eigenvalue weighted by molar-refractivity contribution is 6.08. The molecular formula is C22H21N3O4. The van der Waals surface area contributed by atoms with Crippen LogP contribution in [-0.4, -0.2) is 31.0 Å². The van der Waals surface area contributed by atoms with E-state index in [2.05, 4.69) is 15.6 Å². The average Bonchev–Trinajstić information content (AvgIpc) is 2.73. The minimum absolute atomic E-state index is 0.136. The van der Waals surface area contributed by atoms with Gasteiger partial charge < -0.3 is 20.1 Å². The van der Waals surface area contributed by atoms with Gasteiger partial charge in [0.15, 0.2) is 0 Å². The van der Waals surface area contributed by atoms with Gasteiger partial charge in [-0.2, -0.15) is 0 Å². The van der Waals surface area contributed by atoms with Gasteiger partial charge in [0.1, 0.15) is 17.2 Å². The molecule has 0 spiro atoms. The lowest BCUT2D eigenvalue weighted by Crippen LogP contribution is -2.17. The van der Waals surface area contributed by atoms with E-state index >= 15 is 0 Å². The minimum Gasteiger partial charge on any atom is -0.497 e. The van der Waals surface area contributed by atoms with Crippen LogP contribution in [0, 0.1) is 6.92 Å². The molecule has 7 nitrogen and oxygen atoms in total. The van der Waals surface area contributed by atoms with Gasteiger partial charge >= 0.3 is 0 Å². The Morgan fingerprint density at radius 3 is 2.45 bits per heavy atom. The summed E-state index contributed by atoms with van der Waals surface area (Å²) in [5.74, 6) is 0.271. The third-order valence-electron chi connectivity index (χ3n) is 4.19. The molecule has 0 aliphatic carbocycles. The molecule has 1 heterocycles. The van der Waals surface area contributed by atoms with Crippen LogP contribution in [0.3, 0.4) is 0 Å². The van der Waals surface area contributed by atoms with E-state index < -0.39 is 11.8 Å². The second kappa shape index (κ2) is 8.88. The summed E-state index contributed by atoms with van der Waals surface area (Å²) >= 11 is 0. The first-order chi connectivity index (χ1) is 14.0. The molecule has 148 valence electrons. The fourth-order valence-corrected chi connectivity index (χ4v) is 2.72. The number of nitrogens with zero attached hydrogens (tertiary/aromatic N) is 1. The van der Waals surface area contributed by atoms with Gasteiger partial charge in [-0.05, 0) is 48.9 Å². The zero-order valence-corrected chi connectivity index (χ0v) is 16.4. The number of pyridine rings is 1. The van der Waals surface area contributed by atoms with Crippen molar-refractivity contribution >= 4 is 23.2 Å². The highest BCUT2D eigenvalue weighted by Gasteiger charge is 2.14. The minimum atomic E-state index is -0.399. The maximum atomic E-state index is 12.7. The lowest BCUT2D eigenvalue weighted by molar-refractivity contribution is 0.102. The lowest BCUT2D eigenvalue weighted by Gasteiger charge is -2.12. The molecule has 7 heteroatoms. The third-order valence-corrected chi connectivity index (χ3v) is 4.19. The number of aromatic nitrogens is 1. The fraction of sp³-hybridized carbons (Fsp3) is 0.136. The summed E-state index contributed by atoms with van der Waals surface area (Å²) in [6.45, 7) is 1.94. The number of methoxy groups -OCH3 is 2. The molecule has 1 aromatic heterocycles. The van der Waals surface area contributed by atoms with Crippen molar-refractivity contribution in [2.24, 2.45) is 0 Å². The van der Waals surface area contributed by atoms with E-state index in [4.69, 9.17) is 9.47 Å². The Hall–Kier alpha value is -3.87. The number of amides is 2. The molecule has 0 aliphatic rings. The normalized spacial score (nSPS) is 10.2. The summed E-state index contributed by atoms with van der Waals surface area (Å²) < 4.78 is 10.5. The maximum Gasteiger partial charge on any atom is 0.274 e. The molecule has 2 N–H and O–H groups in total. The monoisotopic (exact) mass is 391 g/mol. The van der Waals surface area contributed by atoms with Gasteiger partial charge in [0.25, 0.3) is 11.8 Å². The Labute approximate surface area is 168 Å². The summed E-state index contributed by atoms with van der Waals surface area (Å²) in [4.78, 5) is 29.3. The summed E-state index contributed by atoms with van der Waals surface area (Å²) in [6.07, 6.45) is 1.42. The topological polar surface area (TPSA) is 89.6 Å². The smallest absolute Gasteiger partial charge is 0.274 e. The predicted molar refractivity (Wildman–Crippen MR) is 111 cm³/mol. The van der Waals surface area contributed by atoms with Crippen molar-refractivity contribution in [3.8, 4) is 11.5 Å². The number of hydrogen-bond acceptors (Lipinski definition) is 5. The van der Waals surface area contributed by atoms with Crippen molar-refractivity contribution in [2.45, 2.75) is 6.92 Å². The second-order valence-electron chi connectivity index (χ2n) is 6.27. The van der Waals surface area contributed by atoms with Crippen LogP contribution in [0.5, 0.6) is 11.5 Å². The van der Waals surface area contributed by atoms with E-state index in [1.807, 2.05) is 25.1 Å². The maximum absolute atomic E-state index is 12.7. The number of carbonyl (C=O) groups is 2. The quantitative estimate of drug-likeness (QED) is 0.665. The Kier molecular flexibility index (Phi) is 6.09. The van der Waals surface area contributed by atoms with Gasteiger partial charge in [-0.25, -0.2) is 0 Å². The van der Waals surface area contributed by atoms with Crippen LogP contribution in [-0.2, 0) is 0 Å². The van der Waals surface area contributed by atoms with Crippen molar-refractivity contribution < 1.29 is 19.1 Å². The van der Waals surface area contributed by atoms with Crippen LogP contribution in [0.15, 0.2) is 60.8 Å². The van der Waals surface area contributed by atoms with Crippen LogP contribution in [0.1, 0.15) is 26.4 Å². The first-order valence-electron chi connectivity index (χ1n) is 8.87. The Morgan fingerprint density at radius 1 is 0.897 bits per heavy atom. The summed E-state index contributed by atoms with van der Waals surface area (Å²) in [7, 11) is 3.05. The van der Waals surface area contributed by atoms with Crippen LogP contribution >= 0.6 is 0 Å². The molecule has 0 atom stereocenters. The number of anilines is 2. The van der Waals surface area contributed by atoms with Crippen molar-refractivity contribution in [1.82, 2.24) is 4.98 Å². The van der Waals surface area contributed by atoms with Gasteiger partial charge in [-0.1, -0.05) is 12.1 Å². The van der Waals surface area contributed by atoms with E-state index in [9.17, 15) is 9.59 Å². The first kappa shape index (κ1) is 19.9. The molecule has 0 saturated carbocycles. The van der Waals surface area contributed by atoms with E-state index in [1.54, 1.807) is 24.3 Å². The Bertz CT molecular complexity index is 1050. The fourth-order valence-electron chi connectivity index (χ4n) is 2.72. The molecular weight excluding hydrogens is 370 g/mol. The predicted octanol–water partition coefficient (Wildman–Crippen LogP) is 3.91. The van der Waals surface area contributed by atoms with E-state index in [0.717, 1.165) is 5.56 Å². The van der Waals surface area contributed by atoms with Crippen LogP contribution in [0.2, 0.25) is 0 Å². The highest BCUT2D eigenvalue weighted by Crippen LogP contribution is 2.29. The highest BCUT2D eigenvalue weighted by atomic mass is 16.5. The summed E-state index contributed by atoms with van der Waals surface area (Å²) in [5.41, 5.74) is 2.57. The van der Waals surface area contributed by atoms with Crippen molar-refractivity contribution in [3.63, 3.8) is 0 Å². The SMILES string of the molecule is COc1ccc(OC)c(NC(=O)c2ccnc(C(=O)Nc3cccc(C)c3)c2)c1. The van der Waals surface area contributed by atoms with Gasteiger partial charge in [-0.15, -0.1) is 0 Å². The molecule has 3 aromatic rings. The van der Waals surface area contributed by atoms with E-state index in [1.165, 1.54) is 32.5 Å². The van der Waals surface area contributed by atoms with Crippen molar-refractivity contribution in [3.05, 3.63) is 77.6 Å². The van der Waals surface area contributed by atoms with Crippen LogP contribution < -0.4 is 20.1 Å². The van der Waals surface area contributed by atoms with Gasteiger partial charge in [0.2, 0.25) is 0 Å². The van der Waals surface area contributed by atoms with Gasteiger partial charge in [0, 0.05) is 23.5 Å². The number of benzene rings is 2. The molecule has 2 aromatic carbocycles. The summed E-state index contributed by atoms with van der Waals surface area (Å²) in [6, 6.07) is 15.5. The molecule has 0 saturated heterocycles. The number of aryl methyl sites for hydroxylation is 1. The molecule has 2 amide bonds. The van der Waals surface area contributed by atoms with Gasteiger partial charge in [0.05, 0.1) is 19.9 Å². The number of carbonyl (C=O) groups excluding carboxylic acids is 2. The first-order valence-corrected chi connectivity index (χ1v) is 8.87. The van der Waals surface area contributed by atoms with E-state index in [0.29, 0.717) is 28.4 Å². The van der Waals surface area contributed by atoms with Crippen molar-refractivity contribution in [2.75, 3.05) is 24.9 Å². The molecule has 29 heavy (non-hydrogen) atoms. The molecule has 3 rings (SSSR count). The molecule has 0 radical (unpaired) electrons. The van der Waals surface area contributed by atoms with Gasteiger partial charge in [-0.3, -0.25) is 14.6 Å². The number of rotatable bonds is 6. The number of ether oxygens (including phenoxy) is 2. The Morgan fingerprint density at radius 2 is 1.72 bits per heavy atom. The average molecular weight is 391 g/mol. The number of nitrogens with one attached hydrogen (secondary N) is 2. The largest absolute Gasteiger partial charge is 0.497 e. The number of hydrogen-bond donors (Lipinski definition) is 2. The molecule has 0 fully saturated rings. The Balaban J connectivity index is 1.78. The van der Waals surface area contributed by atoms with Crippen LogP contribution in [0.25, 0.3) is 0 Å². The summed E-state index contributed by atoms with van der Waals surface area (Å²) in [5, 5.41) is 5.55. The van der Waals surface area contributed by atoms with Crippen LogP contribution in [0.4, 0.5) is 11.4 Å². The molecule has 0 unspecified atom stereocenters.